The van der Waals surface area contributed by atoms with E-state index < -0.39 is 18.0 Å². The molecule has 25 heavy (non-hydrogen) atoms. The van der Waals surface area contributed by atoms with Gasteiger partial charge in [0, 0.05) is 6.54 Å². The zero-order valence-corrected chi connectivity index (χ0v) is 13.9. The Kier molecular flexibility index (Phi) is 5.45. The van der Waals surface area contributed by atoms with Crippen LogP contribution in [0.15, 0.2) is 41.7 Å². The standard InChI is InChI=1S/C18H22N4O3/c23-15-10-19-11-20-17-16(15)22(12-21-17)9-5-4-8-14(18(24)25)13-6-2-1-3-7-13/h1-3,6-7,11-12,14-15,23H,4-5,8-10H2,(H,19,20)(H,24,25). The number of rotatable bonds is 7. The molecule has 7 heteroatoms. The number of carboxylic acids is 1. The van der Waals surface area contributed by atoms with Gasteiger partial charge in [0.2, 0.25) is 0 Å². The van der Waals surface area contributed by atoms with Crippen LogP contribution in [0.1, 0.15) is 42.5 Å². The van der Waals surface area contributed by atoms with E-state index in [4.69, 9.17) is 0 Å². The minimum absolute atomic E-state index is 0.306. The van der Waals surface area contributed by atoms with Crippen molar-refractivity contribution < 1.29 is 15.0 Å². The Balaban J connectivity index is 1.57. The highest BCUT2D eigenvalue weighted by Gasteiger charge is 2.21. The number of nitrogens with one attached hydrogen (secondary N) is 1. The second-order valence-corrected chi connectivity index (χ2v) is 6.12. The van der Waals surface area contributed by atoms with Gasteiger partial charge in [-0.1, -0.05) is 36.8 Å². The van der Waals surface area contributed by atoms with Gasteiger partial charge in [0.05, 0.1) is 30.8 Å². The Hall–Kier alpha value is -2.67. The van der Waals surface area contributed by atoms with E-state index in [1.807, 2.05) is 34.9 Å². The highest BCUT2D eigenvalue weighted by atomic mass is 16.4. The van der Waals surface area contributed by atoms with E-state index in [1.54, 1.807) is 12.7 Å². The molecule has 0 saturated heterocycles. The Labute approximate surface area is 146 Å². The molecule has 132 valence electrons. The average molecular weight is 342 g/mol. The van der Waals surface area contributed by atoms with Crippen LogP contribution in [0, 0.1) is 0 Å². The number of unbranched alkanes of at least 4 members (excludes halogenated alkanes) is 1. The van der Waals surface area contributed by atoms with Crippen molar-refractivity contribution in [2.45, 2.75) is 37.8 Å². The molecule has 0 bridgehead atoms. The van der Waals surface area contributed by atoms with Crippen LogP contribution in [0.2, 0.25) is 0 Å². The lowest BCUT2D eigenvalue weighted by Crippen LogP contribution is -2.13. The number of aliphatic hydroxyl groups excluding tert-OH is 1. The molecule has 1 aliphatic heterocycles. The number of benzene rings is 1. The van der Waals surface area contributed by atoms with Crippen LogP contribution >= 0.6 is 0 Å². The summed E-state index contributed by atoms with van der Waals surface area (Å²) in [6, 6.07) is 9.33. The number of aliphatic carboxylic acids is 1. The fraction of sp³-hybridized carbons (Fsp3) is 0.389. The number of imidazole rings is 1. The number of hydrogen-bond acceptors (Lipinski definition) is 5. The van der Waals surface area contributed by atoms with Gasteiger partial charge < -0.3 is 20.1 Å². The summed E-state index contributed by atoms with van der Waals surface area (Å²) in [5.74, 6) is -0.650. The van der Waals surface area contributed by atoms with Gasteiger partial charge in [-0.25, -0.2) is 4.98 Å². The van der Waals surface area contributed by atoms with Gasteiger partial charge in [-0.2, -0.15) is 0 Å². The Morgan fingerprint density at radius 3 is 2.88 bits per heavy atom. The molecule has 0 aliphatic carbocycles. The molecular formula is C18H22N4O3. The Morgan fingerprint density at radius 1 is 1.32 bits per heavy atom. The molecule has 0 radical (unpaired) electrons. The molecule has 3 N–H and O–H groups in total. The molecule has 1 aliphatic rings. The van der Waals surface area contributed by atoms with Gasteiger partial charge in [0.25, 0.3) is 0 Å². The first-order chi connectivity index (χ1) is 12.2. The van der Waals surface area contributed by atoms with Crippen LogP contribution in [-0.4, -0.2) is 38.6 Å². The lowest BCUT2D eigenvalue weighted by Gasteiger charge is -2.14. The van der Waals surface area contributed by atoms with Crippen molar-refractivity contribution >= 4 is 18.1 Å². The summed E-state index contributed by atoms with van der Waals surface area (Å²) in [6.07, 6.45) is 4.74. The van der Waals surface area contributed by atoms with Crippen molar-refractivity contribution in [1.29, 1.82) is 0 Å². The Morgan fingerprint density at radius 2 is 2.12 bits per heavy atom. The summed E-state index contributed by atoms with van der Waals surface area (Å²) < 4.78 is 1.92. The van der Waals surface area contributed by atoms with Crippen molar-refractivity contribution in [3.8, 4) is 0 Å². The largest absolute Gasteiger partial charge is 0.481 e. The second-order valence-electron chi connectivity index (χ2n) is 6.12. The van der Waals surface area contributed by atoms with E-state index in [0.29, 0.717) is 25.3 Å². The molecule has 2 aromatic rings. The predicted molar refractivity (Wildman–Crippen MR) is 94.8 cm³/mol. The third-order valence-electron chi connectivity index (χ3n) is 4.41. The minimum Gasteiger partial charge on any atom is -0.481 e. The quantitative estimate of drug-likeness (QED) is 0.671. The monoisotopic (exact) mass is 342 g/mol. The molecule has 3 rings (SSSR count). The molecule has 0 spiro atoms. The number of hydrogen-bond donors (Lipinski definition) is 3. The van der Waals surface area contributed by atoms with Gasteiger partial charge in [-0.05, 0) is 18.4 Å². The molecule has 0 amide bonds. The summed E-state index contributed by atoms with van der Waals surface area (Å²) in [7, 11) is 0. The maximum atomic E-state index is 11.5. The van der Waals surface area contributed by atoms with Gasteiger partial charge in [0.1, 0.15) is 6.10 Å². The number of nitrogens with zero attached hydrogens (tertiary/aromatic N) is 3. The lowest BCUT2D eigenvalue weighted by molar-refractivity contribution is -0.139. The zero-order valence-electron chi connectivity index (χ0n) is 13.9. The second kappa shape index (κ2) is 7.94. The summed E-state index contributed by atoms with van der Waals surface area (Å²) in [6.45, 7) is 0.989. The van der Waals surface area contributed by atoms with E-state index in [2.05, 4.69) is 15.3 Å². The first-order valence-corrected chi connectivity index (χ1v) is 8.42. The molecule has 2 unspecified atom stereocenters. The fourth-order valence-corrected chi connectivity index (χ4v) is 3.12. The average Bonchev–Trinajstić information content (AvgIpc) is 2.92. The van der Waals surface area contributed by atoms with Gasteiger partial charge >= 0.3 is 5.97 Å². The van der Waals surface area contributed by atoms with Crippen molar-refractivity contribution in [2.24, 2.45) is 4.99 Å². The summed E-state index contributed by atoms with van der Waals surface area (Å²) in [5.41, 5.74) is 1.57. The third kappa shape index (κ3) is 4.06. The number of aryl methyl sites for hydroxylation is 1. The number of aliphatic imine (C=N–C) groups is 1. The van der Waals surface area contributed by atoms with Gasteiger partial charge in [-0.15, -0.1) is 0 Å². The lowest BCUT2D eigenvalue weighted by atomic mass is 9.94. The highest BCUT2D eigenvalue weighted by Crippen LogP contribution is 2.25. The van der Waals surface area contributed by atoms with Crippen molar-refractivity contribution in [1.82, 2.24) is 9.55 Å². The van der Waals surface area contributed by atoms with Crippen LogP contribution in [0.25, 0.3) is 0 Å². The maximum Gasteiger partial charge on any atom is 0.310 e. The fourth-order valence-electron chi connectivity index (χ4n) is 3.12. The Bertz CT molecular complexity index is 742. The number of carboxylic acid groups (broad SMARTS) is 1. The summed E-state index contributed by atoms with van der Waals surface area (Å²) in [5, 5.41) is 22.6. The summed E-state index contributed by atoms with van der Waals surface area (Å²) >= 11 is 0. The highest BCUT2D eigenvalue weighted by molar-refractivity contribution is 5.76. The SMILES string of the molecule is O=C(O)C(CCCCn1cnc2c1C(O)CN=CN2)c1ccccc1. The molecular weight excluding hydrogens is 320 g/mol. The van der Waals surface area contributed by atoms with Crippen LogP contribution < -0.4 is 5.32 Å². The van der Waals surface area contributed by atoms with Crippen molar-refractivity contribution in [2.75, 3.05) is 11.9 Å². The molecule has 0 fully saturated rings. The number of carbonyl (C=O) groups is 1. The van der Waals surface area contributed by atoms with E-state index in [-0.39, 0.29) is 0 Å². The molecule has 2 heterocycles. The smallest absolute Gasteiger partial charge is 0.310 e. The number of anilines is 1. The van der Waals surface area contributed by atoms with Gasteiger partial charge in [0.15, 0.2) is 5.82 Å². The molecule has 1 aromatic heterocycles. The van der Waals surface area contributed by atoms with Crippen molar-refractivity contribution in [3.05, 3.63) is 47.9 Å². The normalized spacial score (nSPS) is 17.4. The number of fused-ring (bicyclic) bond motifs is 1. The van der Waals surface area contributed by atoms with Crippen LogP contribution in [0.5, 0.6) is 0 Å². The molecule has 1 aromatic carbocycles. The maximum absolute atomic E-state index is 11.5. The topological polar surface area (TPSA) is 99.7 Å². The molecule has 0 saturated carbocycles. The van der Waals surface area contributed by atoms with E-state index in [1.165, 1.54) is 0 Å². The van der Waals surface area contributed by atoms with Gasteiger partial charge in [-0.3, -0.25) is 9.79 Å². The first-order valence-electron chi connectivity index (χ1n) is 8.42. The number of aromatic nitrogens is 2. The van der Waals surface area contributed by atoms with Crippen LogP contribution in [0.4, 0.5) is 5.82 Å². The molecule has 7 nitrogen and oxygen atoms in total. The summed E-state index contributed by atoms with van der Waals surface area (Å²) in [4.78, 5) is 19.8. The minimum atomic E-state index is -0.792. The third-order valence-corrected chi connectivity index (χ3v) is 4.41. The molecule has 2 atom stereocenters. The predicted octanol–water partition coefficient (Wildman–Crippen LogP) is 2.41. The number of aliphatic hydroxyl groups is 1. The van der Waals surface area contributed by atoms with E-state index in [0.717, 1.165) is 24.1 Å². The first kappa shape index (κ1) is 17.2. The van der Waals surface area contributed by atoms with E-state index >= 15 is 0 Å². The van der Waals surface area contributed by atoms with Crippen LogP contribution in [0.3, 0.4) is 0 Å². The zero-order chi connectivity index (χ0) is 17.6. The van der Waals surface area contributed by atoms with Crippen molar-refractivity contribution in [3.63, 3.8) is 0 Å². The van der Waals surface area contributed by atoms with Crippen LogP contribution in [-0.2, 0) is 11.3 Å². The van der Waals surface area contributed by atoms with E-state index in [9.17, 15) is 15.0 Å².